The fourth-order valence-corrected chi connectivity index (χ4v) is 2.20. The highest BCUT2D eigenvalue weighted by Gasteiger charge is 2.05. The van der Waals surface area contributed by atoms with Crippen molar-refractivity contribution in [3.8, 4) is 0 Å². The van der Waals surface area contributed by atoms with E-state index in [-0.39, 0.29) is 11.8 Å². The van der Waals surface area contributed by atoms with Gasteiger partial charge in [0.1, 0.15) is 0 Å². The quantitative estimate of drug-likeness (QED) is 0.887. The third kappa shape index (κ3) is 4.74. The predicted molar refractivity (Wildman–Crippen MR) is 88.9 cm³/mol. The van der Waals surface area contributed by atoms with Crippen molar-refractivity contribution in [1.82, 2.24) is 0 Å². The molecule has 0 radical (unpaired) electrons. The smallest absolute Gasteiger partial charge is 0.224 e. The summed E-state index contributed by atoms with van der Waals surface area (Å²) in [6.07, 6.45) is 1.17. The van der Waals surface area contributed by atoms with Crippen molar-refractivity contribution in [1.29, 1.82) is 0 Å². The molecule has 0 unspecified atom stereocenters. The van der Waals surface area contributed by atoms with Crippen LogP contribution in [0.3, 0.4) is 0 Å². The molecule has 2 N–H and O–H groups in total. The van der Waals surface area contributed by atoms with Gasteiger partial charge in [-0.15, -0.1) is 0 Å². The van der Waals surface area contributed by atoms with Gasteiger partial charge in [0, 0.05) is 24.7 Å². The number of benzene rings is 2. The van der Waals surface area contributed by atoms with Gasteiger partial charge in [-0.05, 0) is 48.7 Å². The molecule has 2 rings (SSSR count). The van der Waals surface area contributed by atoms with Gasteiger partial charge in [-0.2, -0.15) is 0 Å². The van der Waals surface area contributed by atoms with Crippen LogP contribution in [0.15, 0.2) is 48.5 Å². The van der Waals surface area contributed by atoms with Crippen molar-refractivity contribution >= 4 is 23.2 Å². The van der Waals surface area contributed by atoms with Crippen LogP contribution >= 0.6 is 0 Å². The second kappa shape index (κ2) is 7.41. The molecular weight excluding hydrogens is 276 g/mol. The molecule has 4 nitrogen and oxygen atoms in total. The summed E-state index contributed by atoms with van der Waals surface area (Å²) >= 11 is 0. The number of aryl methyl sites for hydroxylation is 2. The van der Waals surface area contributed by atoms with Crippen molar-refractivity contribution in [2.45, 2.75) is 26.7 Å². The first-order valence-electron chi connectivity index (χ1n) is 7.26. The zero-order valence-corrected chi connectivity index (χ0v) is 12.8. The van der Waals surface area contributed by atoms with Gasteiger partial charge in [0.05, 0.1) is 0 Å². The monoisotopic (exact) mass is 296 g/mol. The first-order chi connectivity index (χ1) is 10.5. The Labute approximate surface area is 130 Å². The maximum atomic E-state index is 12.0. The van der Waals surface area contributed by atoms with E-state index in [0.29, 0.717) is 12.1 Å². The predicted octanol–water partition coefficient (Wildman–Crippen LogP) is 3.52. The molecule has 0 bridgehead atoms. The van der Waals surface area contributed by atoms with Crippen LogP contribution in [0.1, 0.15) is 24.5 Å². The summed E-state index contributed by atoms with van der Waals surface area (Å²) in [5.41, 5.74) is 3.84. The summed E-state index contributed by atoms with van der Waals surface area (Å²) in [6.45, 7) is 3.51. The number of carbonyl (C=O) groups is 2. The molecule has 0 atom stereocenters. The summed E-state index contributed by atoms with van der Waals surface area (Å²) in [5.74, 6) is -0.134. The Kier molecular flexibility index (Phi) is 5.31. The lowest BCUT2D eigenvalue weighted by Gasteiger charge is -2.08. The van der Waals surface area contributed by atoms with E-state index in [4.69, 9.17) is 0 Å². The van der Waals surface area contributed by atoms with Gasteiger partial charge in [-0.1, -0.05) is 24.3 Å². The van der Waals surface area contributed by atoms with Gasteiger partial charge < -0.3 is 10.6 Å². The van der Waals surface area contributed by atoms with E-state index in [0.717, 1.165) is 12.1 Å². The molecule has 0 aliphatic heterocycles. The summed E-state index contributed by atoms with van der Waals surface area (Å²) in [6, 6.07) is 15.2. The summed E-state index contributed by atoms with van der Waals surface area (Å²) < 4.78 is 0. The van der Waals surface area contributed by atoms with Crippen LogP contribution < -0.4 is 10.6 Å². The highest BCUT2D eigenvalue weighted by Crippen LogP contribution is 2.15. The Hall–Kier alpha value is -2.62. The van der Waals surface area contributed by atoms with Crippen molar-refractivity contribution in [2.75, 3.05) is 10.6 Å². The minimum absolute atomic E-state index is 0.0180. The molecule has 2 amide bonds. The number of rotatable bonds is 5. The summed E-state index contributed by atoms with van der Waals surface area (Å²) in [7, 11) is 0. The van der Waals surface area contributed by atoms with Crippen LogP contribution in [0.5, 0.6) is 0 Å². The van der Waals surface area contributed by atoms with E-state index in [1.165, 1.54) is 18.1 Å². The zero-order valence-electron chi connectivity index (χ0n) is 12.8. The summed E-state index contributed by atoms with van der Waals surface area (Å²) in [4.78, 5) is 22.9. The van der Waals surface area contributed by atoms with Crippen LogP contribution in [0.2, 0.25) is 0 Å². The Morgan fingerprint density at radius 2 is 1.50 bits per heavy atom. The number of anilines is 2. The van der Waals surface area contributed by atoms with Gasteiger partial charge in [0.25, 0.3) is 0 Å². The molecule has 4 heteroatoms. The maximum Gasteiger partial charge on any atom is 0.224 e. The molecule has 0 spiro atoms. The van der Waals surface area contributed by atoms with E-state index in [2.05, 4.69) is 10.6 Å². The minimum Gasteiger partial charge on any atom is -0.326 e. The number of amides is 2. The van der Waals surface area contributed by atoms with Crippen LogP contribution in [-0.4, -0.2) is 11.8 Å². The van der Waals surface area contributed by atoms with Crippen LogP contribution in [-0.2, 0) is 16.0 Å². The average Bonchev–Trinajstić information content (AvgIpc) is 2.48. The Morgan fingerprint density at radius 1 is 0.909 bits per heavy atom. The van der Waals surface area contributed by atoms with Gasteiger partial charge in [-0.3, -0.25) is 9.59 Å². The Balaban J connectivity index is 1.87. The van der Waals surface area contributed by atoms with Crippen molar-refractivity contribution in [3.63, 3.8) is 0 Å². The number of carbonyl (C=O) groups excluding carboxylic acids is 2. The zero-order chi connectivity index (χ0) is 15.9. The SMILES string of the molecule is CC(=O)Nc1ccc(NC(=O)CCc2ccccc2C)cc1. The van der Waals surface area contributed by atoms with Crippen molar-refractivity contribution in [3.05, 3.63) is 59.7 Å². The molecule has 0 aliphatic rings. The molecule has 114 valence electrons. The van der Waals surface area contributed by atoms with E-state index in [1.807, 2.05) is 31.2 Å². The fraction of sp³-hybridized carbons (Fsp3) is 0.222. The molecule has 22 heavy (non-hydrogen) atoms. The number of nitrogens with one attached hydrogen (secondary N) is 2. The molecule has 0 fully saturated rings. The second-order valence-electron chi connectivity index (χ2n) is 5.23. The van der Waals surface area contributed by atoms with Gasteiger partial charge in [0.2, 0.25) is 11.8 Å². The molecule has 0 aliphatic carbocycles. The van der Waals surface area contributed by atoms with Crippen LogP contribution in [0.4, 0.5) is 11.4 Å². The minimum atomic E-state index is -0.116. The maximum absolute atomic E-state index is 12.0. The number of hydrogen-bond acceptors (Lipinski definition) is 2. The lowest BCUT2D eigenvalue weighted by molar-refractivity contribution is -0.116. The highest BCUT2D eigenvalue weighted by atomic mass is 16.2. The first kappa shape index (κ1) is 15.8. The second-order valence-corrected chi connectivity index (χ2v) is 5.23. The van der Waals surface area contributed by atoms with E-state index >= 15 is 0 Å². The largest absolute Gasteiger partial charge is 0.326 e. The van der Waals surface area contributed by atoms with Gasteiger partial charge >= 0.3 is 0 Å². The number of hydrogen-bond donors (Lipinski definition) is 2. The normalized spacial score (nSPS) is 10.1. The molecule has 0 heterocycles. The van der Waals surface area contributed by atoms with Crippen molar-refractivity contribution < 1.29 is 9.59 Å². The molecule has 0 saturated heterocycles. The lowest BCUT2D eigenvalue weighted by Crippen LogP contribution is -2.12. The highest BCUT2D eigenvalue weighted by molar-refractivity contribution is 5.92. The molecule has 0 saturated carbocycles. The summed E-state index contributed by atoms with van der Waals surface area (Å²) in [5, 5.41) is 5.55. The van der Waals surface area contributed by atoms with Crippen molar-refractivity contribution in [2.24, 2.45) is 0 Å². The Bertz CT molecular complexity index is 663. The molecular formula is C18H20N2O2. The molecule has 2 aromatic carbocycles. The lowest BCUT2D eigenvalue weighted by atomic mass is 10.0. The van der Waals surface area contributed by atoms with E-state index in [9.17, 15) is 9.59 Å². The van der Waals surface area contributed by atoms with Gasteiger partial charge in [0.15, 0.2) is 0 Å². The van der Waals surface area contributed by atoms with E-state index in [1.54, 1.807) is 24.3 Å². The van der Waals surface area contributed by atoms with Crippen LogP contribution in [0.25, 0.3) is 0 Å². The van der Waals surface area contributed by atoms with Gasteiger partial charge in [-0.25, -0.2) is 0 Å². The first-order valence-corrected chi connectivity index (χ1v) is 7.26. The molecule has 2 aromatic rings. The average molecular weight is 296 g/mol. The van der Waals surface area contributed by atoms with E-state index < -0.39 is 0 Å². The molecule has 0 aromatic heterocycles. The van der Waals surface area contributed by atoms with Crippen LogP contribution in [0, 0.1) is 6.92 Å². The topological polar surface area (TPSA) is 58.2 Å². The third-order valence-corrected chi connectivity index (χ3v) is 3.37. The third-order valence-electron chi connectivity index (χ3n) is 3.37. The fourth-order valence-electron chi connectivity index (χ4n) is 2.20. The Morgan fingerprint density at radius 3 is 2.09 bits per heavy atom. The standard InChI is InChI=1S/C18H20N2O2/c1-13-5-3-4-6-15(13)7-12-18(22)20-17-10-8-16(9-11-17)19-14(2)21/h3-6,8-11H,7,12H2,1-2H3,(H,19,21)(H,20,22).